The lowest BCUT2D eigenvalue weighted by atomic mass is 10.2. The lowest BCUT2D eigenvalue weighted by Crippen LogP contribution is -2.00. The molecule has 2 aromatic heterocycles. The summed E-state index contributed by atoms with van der Waals surface area (Å²) in [6.07, 6.45) is 1.83. The van der Waals surface area contributed by atoms with Gasteiger partial charge in [0.05, 0.1) is 0 Å². The number of hydrogen-bond acceptors (Lipinski definition) is 4. The van der Waals surface area contributed by atoms with Crippen molar-refractivity contribution in [3.8, 4) is 11.4 Å². The predicted octanol–water partition coefficient (Wildman–Crippen LogP) is 4.93. The van der Waals surface area contributed by atoms with Crippen molar-refractivity contribution in [3.05, 3.63) is 64.6 Å². The van der Waals surface area contributed by atoms with Gasteiger partial charge in [-0.25, -0.2) is 4.39 Å². The van der Waals surface area contributed by atoms with Gasteiger partial charge in [0.1, 0.15) is 5.82 Å². The van der Waals surface area contributed by atoms with Crippen LogP contribution in [0.15, 0.2) is 53.5 Å². The van der Waals surface area contributed by atoms with Gasteiger partial charge in [-0.1, -0.05) is 30.0 Å². The number of aryl methyl sites for hydroxylation is 1. The van der Waals surface area contributed by atoms with Gasteiger partial charge in [0.25, 0.3) is 0 Å². The second-order valence-corrected chi connectivity index (χ2v) is 7.13. The third-order valence-electron chi connectivity index (χ3n) is 3.27. The Morgan fingerprint density at radius 3 is 2.91 bits per heavy atom. The minimum absolute atomic E-state index is 0.218. The number of rotatable bonds is 6. The van der Waals surface area contributed by atoms with Gasteiger partial charge >= 0.3 is 0 Å². The second-order valence-electron chi connectivity index (χ2n) is 5.07. The van der Waals surface area contributed by atoms with Crippen LogP contribution >= 0.6 is 23.1 Å². The van der Waals surface area contributed by atoms with Crippen LogP contribution in [-0.4, -0.2) is 14.8 Å². The molecule has 0 aliphatic carbocycles. The van der Waals surface area contributed by atoms with Crippen molar-refractivity contribution >= 4 is 23.1 Å². The highest BCUT2D eigenvalue weighted by atomic mass is 32.2. The maximum absolute atomic E-state index is 13.3. The summed E-state index contributed by atoms with van der Waals surface area (Å²) in [6.45, 7) is 6.53. The molecule has 0 atom stereocenters. The first-order chi connectivity index (χ1) is 11.2. The first kappa shape index (κ1) is 16.0. The van der Waals surface area contributed by atoms with E-state index < -0.39 is 0 Å². The molecule has 6 heteroatoms. The van der Waals surface area contributed by atoms with Crippen LogP contribution in [0.4, 0.5) is 4.39 Å². The van der Waals surface area contributed by atoms with Gasteiger partial charge in [-0.2, -0.15) is 0 Å². The number of allylic oxidation sites excluding steroid dienone is 1. The van der Waals surface area contributed by atoms with Gasteiger partial charge in [0.2, 0.25) is 0 Å². The summed E-state index contributed by atoms with van der Waals surface area (Å²) < 4.78 is 15.3. The second kappa shape index (κ2) is 7.10. The Hall–Kier alpha value is -1.92. The number of aromatic nitrogens is 3. The van der Waals surface area contributed by atoms with Crippen molar-refractivity contribution in [1.82, 2.24) is 14.8 Å². The molecule has 3 rings (SSSR count). The van der Waals surface area contributed by atoms with Gasteiger partial charge < -0.3 is 0 Å². The zero-order valence-corrected chi connectivity index (χ0v) is 14.3. The number of nitrogens with zero attached hydrogens (tertiary/aromatic N) is 3. The Bertz CT molecular complexity index is 823. The van der Waals surface area contributed by atoms with E-state index in [0.717, 1.165) is 22.1 Å². The molecule has 0 fully saturated rings. The maximum atomic E-state index is 13.3. The van der Waals surface area contributed by atoms with E-state index in [1.165, 1.54) is 10.9 Å². The molecule has 0 N–H and O–H groups in total. The fourth-order valence-corrected chi connectivity index (χ4v) is 3.81. The SMILES string of the molecule is C=CCn1c(SCc2cccc(F)c2)nnc1-c1csc(C)c1. The van der Waals surface area contributed by atoms with E-state index in [2.05, 4.69) is 35.1 Å². The number of hydrogen-bond donors (Lipinski definition) is 0. The molecule has 0 radical (unpaired) electrons. The third-order valence-corrected chi connectivity index (χ3v) is 5.17. The van der Waals surface area contributed by atoms with Gasteiger partial charge in [-0.15, -0.1) is 28.1 Å². The molecule has 0 aliphatic heterocycles. The molecule has 1 aromatic carbocycles. The Balaban J connectivity index is 1.84. The van der Waals surface area contributed by atoms with Crippen LogP contribution in [0, 0.1) is 12.7 Å². The quantitative estimate of drug-likeness (QED) is 0.469. The van der Waals surface area contributed by atoms with Gasteiger partial charge in [-0.05, 0) is 30.7 Å². The van der Waals surface area contributed by atoms with E-state index in [1.54, 1.807) is 35.2 Å². The molecule has 0 unspecified atom stereocenters. The number of benzene rings is 1. The van der Waals surface area contributed by atoms with E-state index >= 15 is 0 Å². The normalized spacial score (nSPS) is 10.9. The van der Waals surface area contributed by atoms with Gasteiger partial charge in [0.15, 0.2) is 11.0 Å². The van der Waals surface area contributed by atoms with Crippen LogP contribution in [0.3, 0.4) is 0 Å². The van der Waals surface area contributed by atoms with Crippen LogP contribution in [-0.2, 0) is 12.3 Å². The number of thiophene rings is 1. The monoisotopic (exact) mass is 345 g/mol. The Labute approximate surface area is 142 Å². The maximum Gasteiger partial charge on any atom is 0.192 e. The van der Waals surface area contributed by atoms with Gasteiger partial charge in [-0.3, -0.25) is 4.57 Å². The van der Waals surface area contributed by atoms with Crippen molar-refractivity contribution < 1.29 is 4.39 Å². The van der Waals surface area contributed by atoms with Crippen molar-refractivity contribution in [1.29, 1.82) is 0 Å². The van der Waals surface area contributed by atoms with E-state index in [9.17, 15) is 4.39 Å². The van der Waals surface area contributed by atoms with E-state index in [1.807, 2.05) is 16.7 Å². The smallest absolute Gasteiger partial charge is 0.192 e. The van der Waals surface area contributed by atoms with Crippen LogP contribution in [0.5, 0.6) is 0 Å². The third kappa shape index (κ3) is 3.71. The average Bonchev–Trinajstić information content (AvgIpc) is 3.12. The van der Waals surface area contributed by atoms with Gasteiger partial charge in [0, 0.05) is 28.1 Å². The van der Waals surface area contributed by atoms with Crippen molar-refractivity contribution in [2.75, 3.05) is 0 Å². The molecule has 0 amide bonds. The largest absolute Gasteiger partial charge is 0.298 e. The lowest BCUT2D eigenvalue weighted by molar-refractivity contribution is 0.626. The summed E-state index contributed by atoms with van der Waals surface area (Å²) in [5, 5.41) is 11.5. The molecule has 23 heavy (non-hydrogen) atoms. The summed E-state index contributed by atoms with van der Waals surface area (Å²) in [4.78, 5) is 1.24. The fraction of sp³-hybridized carbons (Fsp3) is 0.176. The minimum Gasteiger partial charge on any atom is -0.298 e. The van der Waals surface area contributed by atoms with Crippen LogP contribution < -0.4 is 0 Å². The molecule has 0 aliphatic rings. The Kier molecular flexibility index (Phi) is 4.93. The van der Waals surface area contributed by atoms with Crippen molar-refractivity contribution in [2.24, 2.45) is 0 Å². The minimum atomic E-state index is -0.218. The standard InChI is InChI=1S/C17H16FN3S2/c1-3-7-21-16(14-8-12(2)22-11-14)19-20-17(21)23-10-13-5-4-6-15(18)9-13/h3-6,8-9,11H,1,7,10H2,2H3. The molecule has 0 spiro atoms. The van der Waals surface area contributed by atoms with Crippen molar-refractivity contribution in [3.63, 3.8) is 0 Å². The highest BCUT2D eigenvalue weighted by Gasteiger charge is 2.14. The first-order valence-corrected chi connectivity index (χ1v) is 9.00. The molecule has 3 nitrogen and oxygen atoms in total. The Morgan fingerprint density at radius 2 is 2.22 bits per heavy atom. The molecule has 0 saturated heterocycles. The molecule has 2 heterocycles. The highest BCUT2D eigenvalue weighted by molar-refractivity contribution is 7.98. The lowest BCUT2D eigenvalue weighted by Gasteiger charge is -2.07. The first-order valence-electron chi connectivity index (χ1n) is 7.14. The number of halogens is 1. The predicted molar refractivity (Wildman–Crippen MR) is 94.2 cm³/mol. The van der Waals surface area contributed by atoms with E-state index in [0.29, 0.717) is 12.3 Å². The summed E-state index contributed by atoms with van der Waals surface area (Å²) in [5.41, 5.74) is 2.00. The fourth-order valence-electron chi connectivity index (χ4n) is 2.24. The number of thioether (sulfide) groups is 1. The summed E-state index contributed by atoms with van der Waals surface area (Å²) in [5.74, 6) is 1.27. The summed E-state index contributed by atoms with van der Waals surface area (Å²) >= 11 is 3.24. The highest BCUT2D eigenvalue weighted by Crippen LogP contribution is 2.29. The van der Waals surface area contributed by atoms with Crippen LogP contribution in [0.25, 0.3) is 11.4 Å². The van der Waals surface area contributed by atoms with E-state index in [4.69, 9.17) is 0 Å². The molecular formula is C17H16FN3S2. The summed E-state index contributed by atoms with van der Waals surface area (Å²) in [6, 6.07) is 8.73. The molecular weight excluding hydrogens is 329 g/mol. The molecule has 0 saturated carbocycles. The topological polar surface area (TPSA) is 30.7 Å². The van der Waals surface area contributed by atoms with Crippen molar-refractivity contribution in [2.45, 2.75) is 24.4 Å². The summed E-state index contributed by atoms with van der Waals surface area (Å²) in [7, 11) is 0. The zero-order valence-electron chi connectivity index (χ0n) is 12.7. The Morgan fingerprint density at radius 1 is 1.35 bits per heavy atom. The zero-order chi connectivity index (χ0) is 16.2. The average molecular weight is 345 g/mol. The van der Waals surface area contributed by atoms with Crippen LogP contribution in [0.1, 0.15) is 10.4 Å². The molecule has 0 bridgehead atoms. The molecule has 3 aromatic rings. The molecule has 118 valence electrons. The van der Waals surface area contributed by atoms with Crippen LogP contribution in [0.2, 0.25) is 0 Å². The van der Waals surface area contributed by atoms with E-state index in [-0.39, 0.29) is 5.82 Å².